The van der Waals surface area contributed by atoms with E-state index in [-0.39, 0.29) is 12.5 Å². The smallest absolute Gasteiger partial charge is 0.262 e. The Hall–Kier alpha value is -3.46. The van der Waals surface area contributed by atoms with E-state index >= 15 is 0 Å². The van der Waals surface area contributed by atoms with Crippen LogP contribution in [0.4, 0.5) is 5.69 Å². The van der Waals surface area contributed by atoms with Gasteiger partial charge >= 0.3 is 0 Å². The molecule has 0 aliphatic heterocycles. The number of hydrogen-bond acceptors (Lipinski definition) is 7. The van der Waals surface area contributed by atoms with E-state index in [0.717, 1.165) is 10.6 Å². The number of carbonyl (C=O) groups is 1. The first kappa shape index (κ1) is 19.8. The third-order valence-corrected chi connectivity index (χ3v) is 5.49. The highest BCUT2D eigenvalue weighted by Crippen LogP contribution is 2.32. The molecule has 0 atom stereocenters. The van der Waals surface area contributed by atoms with Crippen LogP contribution in [0.3, 0.4) is 0 Å². The Labute approximate surface area is 177 Å². The molecular formula is C21H21N5O3S. The molecule has 0 saturated heterocycles. The van der Waals surface area contributed by atoms with Gasteiger partial charge in [-0.3, -0.25) is 4.79 Å². The summed E-state index contributed by atoms with van der Waals surface area (Å²) in [6, 6.07) is 13.2. The summed E-state index contributed by atoms with van der Waals surface area (Å²) in [6.07, 6.45) is 1.55. The SMILES string of the molecule is COc1ccc(-c2nn3cnnc3s2)cc1NC(=O)COc1ccc(C(C)C)cc1. The Kier molecular flexibility index (Phi) is 5.62. The first-order valence-corrected chi connectivity index (χ1v) is 10.2. The molecule has 0 radical (unpaired) electrons. The van der Waals surface area contributed by atoms with E-state index in [1.807, 2.05) is 36.4 Å². The van der Waals surface area contributed by atoms with Crippen molar-refractivity contribution >= 4 is 27.9 Å². The minimum Gasteiger partial charge on any atom is -0.495 e. The summed E-state index contributed by atoms with van der Waals surface area (Å²) in [5.41, 5.74) is 2.61. The maximum atomic E-state index is 12.4. The lowest BCUT2D eigenvalue weighted by atomic mass is 10.0. The van der Waals surface area contributed by atoms with Gasteiger partial charge in [0.15, 0.2) is 6.61 Å². The molecule has 2 aromatic heterocycles. The molecule has 1 amide bonds. The van der Waals surface area contributed by atoms with Crippen molar-refractivity contribution in [2.75, 3.05) is 19.0 Å². The highest BCUT2D eigenvalue weighted by Gasteiger charge is 2.13. The van der Waals surface area contributed by atoms with Crippen molar-refractivity contribution in [3.05, 3.63) is 54.4 Å². The second-order valence-corrected chi connectivity index (χ2v) is 7.90. The predicted molar refractivity (Wildman–Crippen MR) is 115 cm³/mol. The van der Waals surface area contributed by atoms with Crippen molar-refractivity contribution in [3.8, 4) is 22.1 Å². The number of ether oxygens (including phenoxy) is 2. The number of methoxy groups -OCH3 is 1. The number of fused-ring (bicyclic) bond motifs is 1. The summed E-state index contributed by atoms with van der Waals surface area (Å²) in [5, 5.41) is 15.9. The van der Waals surface area contributed by atoms with Gasteiger partial charge in [-0.15, -0.1) is 10.2 Å². The van der Waals surface area contributed by atoms with Crippen LogP contribution >= 0.6 is 11.3 Å². The zero-order valence-corrected chi connectivity index (χ0v) is 17.6. The molecule has 0 unspecified atom stereocenters. The largest absolute Gasteiger partial charge is 0.495 e. The predicted octanol–water partition coefficient (Wildman–Crippen LogP) is 4.00. The molecule has 2 aromatic carbocycles. The molecule has 0 fully saturated rings. The highest BCUT2D eigenvalue weighted by molar-refractivity contribution is 7.19. The van der Waals surface area contributed by atoms with Crippen molar-refractivity contribution in [2.24, 2.45) is 0 Å². The van der Waals surface area contributed by atoms with E-state index in [2.05, 4.69) is 34.5 Å². The maximum Gasteiger partial charge on any atom is 0.262 e. The van der Waals surface area contributed by atoms with Crippen molar-refractivity contribution < 1.29 is 14.3 Å². The van der Waals surface area contributed by atoms with Gasteiger partial charge in [0.1, 0.15) is 22.8 Å². The molecule has 1 N–H and O–H groups in total. The first-order valence-electron chi connectivity index (χ1n) is 9.41. The van der Waals surface area contributed by atoms with E-state index in [4.69, 9.17) is 9.47 Å². The molecule has 4 rings (SSSR count). The zero-order valence-electron chi connectivity index (χ0n) is 16.8. The molecule has 0 saturated carbocycles. The Morgan fingerprint density at radius 2 is 2.00 bits per heavy atom. The Morgan fingerprint density at radius 3 is 2.70 bits per heavy atom. The molecular weight excluding hydrogens is 402 g/mol. The molecule has 8 nitrogen and oxygen atoms in total. The lowest BCUT2D eigenvalue weighted by molar-refractivity contribution is -0.118. The second kappa shape index (κ2) is 8.50. The van der Waals surface area contributed by atoms with Crippen LogP contribution in [0.15, 0.2) is 48.8 Å². The third kappa shape index (κ3) is 4.25. The van der Waals surface area contributed by atoms with Gasteiger partial charge in [0.2, 0.25) is 4.96 Å². The Morgan fingerprint density at radius 1 is 1.20 bits per heavy atom. The normalized spacial score (nSPS) is 11.1. The molecule has 0 aliphatic rings. The number of anilines is 1. The van der Waals surface area contributed by atoms with Crippen LogP contribution in [0.2, 0.25) is 0 Å². The van der Waals surface area contributed by atoms with Crippen LogP contribution in [0.25, 0.3) is 15.5 Å². The standard InChI is InChI=1S/C21H21N5O3S/c1-13(2)14-4-7-16(8-5-14)29-11-19(27)23-17-10-15(6-9-18(17)28-3)20-25-26-12-22-24-21(26)30-20/h4-10,12-13H,11H2,1-3H3,(H,23,27). The van der Waals surface area contributed by atoms with Gasteiger partial charge in [0.05, 0.1) is 12.8 Å². The summed E-state index contributed by atoms with van der Waals surface area (Å²) in [6.45, 7) is 4.15. The fourth-order valence-electron chi connectivity index (χ4n) is 2.90. The average Bonchev–Trinajstić information content (AvgIpc) is 3.35. The summed E-state index contributed by atoms with van der Waals surface area (Å²) in [5.74, 6) is 1.36. The second-order valence-electron chi connectivity index (χ2n) is 6.94. The monoisotopic (exact) mass is 423 g/mol. The number of carbonyl (C=O) groups excluding carboxylic acids is 1. The van der Waals surface area contributed by atoms with Crippen LogP contribution in [-0.2, 0) is 4.79 Å². The van der Waals surface area contributed by atoms with E-state index in [9.17, 15) is 4.79 Å². The summed E-state index contributed by atoms with van der Waals surface area (Å²) >= 11 is 1.41. The van der Waals surface area contributed by atoms with E-state index in [0.29, 0.717) is 28.1 Å². The molecule has 9 heteroatoms. The van der Waals surface area contributed by atoms with Crippen LogP contribution in [0.1, 0.15) is 25.3 Å². The van der Waals surface area contributed by atoms with Gasteiger partial charge in [0.25, 0.3) is 5.91 Å². The number of nitrogens with one attached hydrogen (secondary N) is 1. The minimum atomic E-state index is -0.281. The number of benzene rings is 2. The van der Waals surface area contributed by atoms with Crippen LogP contribution < -0.4 is 14.8 Å². The molecule has 0 spiro atoms. The minimum absolute atomic E-state index is 0.106. The van der Waals surface area contributed by atoms with Crippen LogP contribution in [0, 0.1) is 0 Å². The van der Waals surface area contributed by atoms with E-state index < -0.39 is 0 Å². The van der Waals surface area contributed by atoms with Gasteiger partial charge in [-0.2, -0.15) is 9.61 Å². The van der Waals surface area contributed by atoms with Gasteiger partial charge in [-0.1, -0.05) is 37.3 Å². The topological polar surface area (TPSA) is 90.6 Å². The number of nitrogens with zero attached hydrogens (tertiary/aromatic N) is 4. The fourth-order valence-corrected chi connectivity index (χ4v) is 3.72. The van der Waals surface area contributed by atoms with E-state index in [1.54, 1.807) is 24.0 Å². The average molecular weight is 423 g/mol. The molecule has 154 valence electrons. The molecule has 2 heterocycles. The zero-order chi connectivity index (χ0) is 21.1. The highest BCUT2D eigenvalue weighted by atomic mass is 32.1. The maximum absolute atomic E-state index is 12.4. The summed E-state index contributed by atoms with van der Waals surface area (Å²) < 4.78 is 12.6. The first-order chi connectivity index (χ1) is 14.5. The fraction of sp³-hybridized carbons (Fsp3) is 0.238. The quantitative estimate of drug-likeness (QED) is 0.483. The third-order valence-electron chi connectivity index (χ3n) is 4.52. The lowest BCUT2D eigenvalue weighted by Gasteiger charge is -2.12. The summed E-state index contributed by atoms with van der Waals surface area (Å²) in [7, 11) is 1.56. The molecule has 0 aliphatic carbocycles. The van der Waals surface area contributed by atoms with Crippen LogP contribution in [0.5, 0.6) is 11.5 Å². The number of amides is 1. The van der Waals surface area contributed by atoms with Crippen molar-refractivity contribution in [1.82, 2.24) is 19.8 Å². The van der Waals surface area contributed by atoms with E-state index in [1.165, 1.54) is 16.9 Å². The van der Waals surface area contributed by atoms with Gasteiger partial charge < -0.3 is 14.8 Å². The molecule has 30 heavy (non-hydrogen) atoms. The number of aromatic nitrogens is 4. The summed E-state index contributed by atoms with van der Waals surface area (Å²) in [4.78, 5) is 13.1. The van der Waals surface area contributed by atoms with Crippen molar-refractivity contribution in [3.63, 3.8) is 0 Å². The van der Waals surface area contributed by atoms with Crippen molar-refractivity contribution in [1.29, 1.82) is 0 Å². The number of hydrogen-bond donors (Lipinski definition) is 1. The lowest BCUT2D eigenvalue weighted by Crippen LogP contribution is -2.20. The van der Waals surface area contributed by atoms with Gasteiger partial charge in [-0.25, -0.2) is 0 Å². The van der Waals surface area contributed by atoms with Gasteiger partial charge in [0, 0.05) is 5.56 Å². The van der Waals surface area contributed by atoms with Gasteiger partial charge in [-0.05, 0) is 41.8 Å². The Balaban J connectivity index is 1.45. The van der Waals surface area contributed by atoms with Crippen molar-refractivity contribution in [2.45, 2.75) is 19.8 Å². The molecule has 0 bridgehead atoms. The Bertz CT molecular complexity index is 1140. The number of rotatable bonds is 7. The molecule has 4 aromatic rings. The van der Waals surface area contributed by atoms with Crippen LogP contribution in [-0.4, -0.2) is 39.4 Å².